The minimum atomic E-state index is 0.120. The van der Waals surface area contributed by atoms with E-state index in [-0.39, 0.29) is 5.91 Å². The first-order chi connectivity index (χ1) is 11.8. The maximum absolute atomic E-state index is 12.4. The van der Waals surface area contributed by atoms with Crippen LogP contribution < -0.4 is 4.74 Å². The molecule has 0 saturated carbocycles. The zero-order valence-corrected chi connectivity index (χ0v) is 14.6. The molecule has 0 atom stereocenters. The van der Waals surface area contributed by atoms with Crippen LogP contribution in [0.5, 0.6) is 5.75 Å². The zero-order valence-electron chi connectivity index (χ0n) is 14.6. The molecule has 2 saturated heterocycles. The van der Waals surface area contributed by atoms with Gasteiger partial charge in [-0.15, -0.1) is 0 Å². The van der Waals surface area contributed by atoms with Gasteiger partial charge in [-0.2, -0.15) is 0 Å². The molecular weight excluding hydrogens is 300 g/mol. The van der Waals surface area contributed by atoms with Gasteiger partial charge < -0.3 is 14.5 Å². The highest BCUT2D eigenvalue weighted by Crippen LogP contribution is 2.21. The summed E-state index contributed by atoms with van der Waals surface area (Å²) in [7, 11) is 1.65. The number of likely N-dealkylation sites (tertiary alicyclic amines) is 2. The van der Waals surface area contributed by atoms with E-state index in [1.807, 2.05) is 35.2 Å². The van der Waals surface area contributed by atoms with Crippen LogP contribution in [0.3, 0.4) is 0 Å². The summed E-state index contributed by atoms with van der Waals surface area (Å²) in [5.41, 5.74) is 0.992. The minimum absolute atomic E-state index is 0.120. The van der Waals surface area contributed by atoms with Gasteiger partial charge >= 0.3 is 0 Å². The van der Waals surface area contributed by atoms with E-state index in [2.05, 4.69) is 4.90 Å². The van der Waals surface area contributed by atoms with E-state index in [4.69, 9.17) is 4.74 Å². The van der Waals surface area contributed by atoms with E-state index in [1.165, 1.54) is 32.4 Å². The van der Waals surface area contributed by atoms with Crippen molar-refractivity contribution in [3.63, 3.8) is 0 Å². The van der Waals surface area contributed by atoms with Crippen molar-refractivity contribution in [2.24, 2.45) is 0 Å². The summed E-state index contributed by atoms with van der Waals surface area (Å²) in [4.78, 5) is 17.0. The Balaban J connectivity index is 1.50. The smallest absolute Gasteiger partial charge is 0.246 e. The van der Waals surface area contributed by atoms with Gasteiger partial charge in [-0.25, -0.2) is 0 Å². The molecule has 0 spiro atoms. The Morgan fingerprint density at radius 3 is 2.58 bits per heavy atom. The fourth-order valence-electron chi connectivity index (χ4n) is 3.75. The topological polar surface area (TPSA) is 32.8 Å². The minimum Gasteiger partial charge on any atom is -0.497 e. The summed E-state index contributed by atoms with van der Waals surface area (Å²) in [5.74, 6) is 0.932. The molecule has 2 heterocycles. The number of nitrogens with zero attached hydrogens (tertiary/aromatic N) is 2. The van der Waals surface area contributed by atoms with E-state index in [1.54, 1.807) is 13.2 Å². The lowest BCUT2D eigenvalue weighted by atomic mass is 10.00. The predicted octanol–water partition coefficient (Wildman–Crippen LogP) is 3.19. The molecule has 0 N–H and O–H groups in total. The van der Waals surface area contributed by atoms with Crippen LogP contribution in [-0.4, -0.2) is 55.0 Å². The Kier molecular flexibility index (Phi) is 5.91. The fourth-order valence-corrected chi connectivity index (χ4v) is 3.75. The monoisotopic (exact) mass is 328 g/mol. The zero-order chi connectivity index (χ0) is 16.8. The van der Waals surface area contributed by atoms with Gasteiger partial charge in [0.15, 0.2) is 0 Å². The third kappa shape index (κ3) is 4.38. The summed E-state index contributed by atoms with van der Waals surface area (Å²) in [6, 6.07) is 8.44. The van der Waals surface area contributed by atoms with E-state index in [0.717, 1.165) is 37.2 Å². The van der Waals surface area contributed by atoms with Gasteiger partial charge in [-0.1, -0.05) is 18.6 Å². The van der Waals surface area contributed by atoms with E-state index < -0.39 is 0 Å². The predicted molar refractivity (Wildman–Crippen MR) is 97.1 cm³/mol. The molecule has 24 heavy (non-hydrogen) atoms. The number of rotatable bonds is 4. The molecular formula is C20H28N2O2. The second kappa shape index (κ2) is 8.34. The molecule has 0 radical (unpaired) electrons. The molecule has 0 bridgehead atoms. The van der Waals surface area contributed by atoms with Crippen LogP contribution in [0.1, 0.15) is 37.7 Å². The van der Waals surface area contributed by atoms with Gasteiger partial charge in [-0.3, -0.25) is 4.79 Å². The molecule has 2 aliphatic rings. The highest BCUT2D eigenvalue weighted by Gasteiger charge is 2.26. The maximum Gasteiger partial charge on any atom is 0.246 e. The summed E-state index contributed by atoms with van der Waals surface area (Å²) >= 11 is 0. The molecule has 0 unspecified atom stereocenters. The molecule has 2 aliphatic heterocycles. The largest absolute Gasteiger partial charge is 0.497 e. The molecule has 4 heteroatoms. The molecule has 0 aliphatic carbocycles. The highest BCUT2D eigenvalue weighted by molar-refractivity contribution is 5.91. The van der Waals surface area contributed by atoms with E-state index >= 15 is 0 Å². The van der Waals surface area contributed by atoms with Crippen molar-refractivity contribution in [3.8, 4) is 5.75 Å². The van der Waals surface area contributed by atoms with Gasteiger partial charge in [0.25, 0.3) is 0 Å². The Bertz CT molecular complexity index is 571. The van der Waals surface area contributed by atoms with Crippen molar-refractivity contribution in [2.45, 2.75) is 38.1 Å². The first kappa shape index (κ1) is 17.0. The van der Waals surface area contributed by atoms with Gasteiger partial charge in [0.05, 0.1) is 7.11 Å². The summed E-state index contributed by atoms with van der Waals surface area (Å²) < 4.78 is 5.21. The van der Waals surface area contributed by atoms with Crippen LogP contribution in [0.25, 0.3) is 6.08 Å². The maximum atomic E-state index is 12.4. The number of piperidine rings is 2. The molecule has 1 aromatic rings. The Morgan fingerprint density at radius 1 is 1.12 bits per heavy atom. The molecule has 2 fully saturated rings. The SMILES string of the molecule is COc1cccc(/C=C\C(=O)N2CCC(N3CCCCC3)CC2)c1. The average molecular weight is 328 g/mol. The van der Waals surface area contributed by atoms with Crippen LogP contribution in [0.4, 0.5) is 0 Å². The van der Waals surface area contributed by atoms with Crippen LogP contribution in [0.2, 0.25) is 0 Å². The van der Waals surface area contributed by atoms with Gasteiger partial charge in [0.1, 0.15) is 5.75 Å². The highest BCUT2D eigenvalue weighted by atomic mass is 16.5. The first-order valence-corrected chi connectivity index (χ1v) is 9.11. The van der Waals surface area contributed by atoms with Crippen molar-refractivity contribution >= 4 is 12.0 Å². The quantitative estimate of drug-likeness (QED) is 0.796. The summed E-state index contributed by atoms with van der Waals surface area (Å²) in [5, 5.41) is 0. The van der Waals surface area contributed by atoms with Gasteiger partial charge in [-0.05, 0) is 62.5 Å². The number of hydrogen-bond acceptors (Lipinski definition) is 3. The van der Waals surface area contributed by atoms with E-state index in [0.29, 0.717) is 6.04 Å². The molecule has 130 valence electrons. The van der Waals surface area contributed by atoms with Crippen LogP contribution >= 0.6 is 0 Å². The van der Waals surface area contributed by atoms with Gasteiger partial charge in [0, 0.05) is 25.2 Å². The summed E-state index contributed by atoms with van der Waals surface area (Å²) in [6.07, 6.45) is 9.84. The first-order valence-electron chi connectivity index (χ1n) is 9.11. The second-order valence-corrected chi connectivity index (χ2v) is 6.76. The third-order valence-electron chi connectivity index (χ3n) is 5.20. The number of benzene rings is 1. The fraction of sp³-hybridized carbons (Fsp3) is 0.550. The van der Waals surface area contributed by atoms with Crippen LogP contribution in [0, 0.1) is 0 Å². The molecule has 1 amide bonds. The molecule has 4 nitrogen and oxygen atoms in total. The van der Waals surface area contributed by atoms with E-state index in [9.17, 15) is 4.79 Å². The number of amides is 1. The Morgan fingerprint density at radius 2 is 1.88 bits per heavy atom. The standard InChI is InChI=1S/C20H28N2O2/c1-24-19-7-5-6-17(16-19)8-9-20(23)22-14-10-18(11-15-22)21-12-3-2-4-13-21/h5-9,16,18H,2-4,10-15H2,1H3/b9-8-. The van der Waals surface area contributed by atoms with Crippen molar-refractivity contribution < 1.29 is 9.53 Å². The molecule has 1 aromatic carbocycles. The number of methoxy groups -OCH3 is 1. The Labute approximate surface area is 145 Å². The normalized spacial score (nSPS) is 20.5. The number of carbonyl (C=O) groups is 1. The van der Waals surface area contributed by atoms with Crippen LogP contribution in [0.15, 0.2) is 30.3 Å². The Hall–Kier alpha value is -1.81. The summed E-state index contributed by atoms with van der Waals surface area (Å²) in [6.45, 7) is 4.24. The second-order valence-electron chi connectivity index (χ2n) is 6.76. The lowest BCUT2D eigenvalue weighted by Gasteiger charge is -2.40. The van der Waals surface area contributed by atoms with Crippen molar-refractivity contribution in [1.29, 1.82) is 0 Å². The number of ether oxygens (including phenoxy) is 1. The van der Waals surface area contributed by atoms with Crippen molar-refractivity contribution in [1.82, 2.24) is 9.80 Å². The number of hydrogen-bond donors (Lipinski definition) is 0. The lowest BCUT2D eigenvalue weighted by Crippen LogP contribution is -2.47. The number of carbonyl (C=O) groups excluding carboxylic acids is 1. The lowest BCUT2D eigenvalue weighted by molar-refractivity contribution is -0.127. The average Bonchev–Trinajstić information content (AvgIpc) is 2.67. The van der Waals surface area contributed by atoms with Crippen LogP contribution in [-0.2, 0) is 4.79 Å². The molecule has 0 aromatic heterocycles. The van der Waals surface area contributed by atoms with Gasteiger partial charge in [0.2, 0.25) is 5.91 Å². The van der Waals surface area contributed by atoms with Crippen molar-refractivity contribution in [3.05, 3.63) is 35.9 Å². The van der Waals surface area contributed by atoms with Crippen molar-refractivity contribution in [2.75, 3.05) is 33.3 Å². The third-order valence-corrected chi connectivity index (χ3v) is 5.20. The molecule has 3 rings (SSSR count).